The number of halogens is 2. The third-order valence-corrected chi connectivity index (χ3v) is 4.82. The number of carbonyl (C=O) groups excluding carboxylic acids is 1. The standard InChI is InChI=1S/C19H17F2NO5S/c1-4-26-18(23)19(20,21)27-14-8-5-11(9-15(14)25-3)17-22-13-7-6-12(24-2)10-16(13)28-17/h5-10H,4H2,1-3H3. The van der Waals surface area contributed by atoms with Gasteiger partial charge in [0, 0.05) is 5.56 Å². The van der Waals surface area contributed by atoms with E-state index in [1.54, 1.807) is 19.2 Å². The summed E-state index contributed by atoms with van der Waals surface area (Å²) in [5.41, 5.74) is 1.44. The van der Waals surface area contributed by atoms with Crippen molar-refractivity contribution in [2.75, 3.05) is 20.8 Å². The SMILES string of the molecule is CCOC(=O)C(F)(F)Oc1ccc(-c2nc3ccc(OC)cc3s2)cc1OC. The summed E-state index contributed by atoms with van der Waals surface area (Å²) >= 11 is 1.42. The first-order chi connectivity index (χ1) is 13.4. The van der Waals surface area contributed by atoms with Gasteiger partial charge in [-0.15, -0.1) is 11.3 Å². The highest BCUT2D eigenvalue weighted by atomic mass is 32.1. The first-order valence-corrected chi connectivity index (χ1v) is 9.06. The average Bonchev–Trinajstić information content (AvgIpc) is 3.11. The summed E-state index contributed by atoms with van der Waals surface area (Å²) in [6, 6.07) is 9.89. The van der Waals surface area contributed by atoms with Crippen LogP contribution in [0.4, 0.5) is 8.78 Å². The van der Waals surface area contributed by atoms with Crippen LogP contribution in [0.5, 0.6) is 17.2 Å². The van der Waals surface area contributed by atoms with Gasteiger partial charge in [-0.2, -0.15) is 8.78 Å². The molecule has 148 valence electrons. The molecule has 0 saturated carbocycles. The number of ether oxygens (including phenoxy) is 4. The molecule has 28 heavy (non-hydrogen) atoms. The van der Waals surface area contributed by atoms with Crippen molar-refractivity contribution in [3.05, 3.63) is 36.4 Å². The van der Waals surface area contributed by atoms with Crippen LogP contribution in [-0.4, -0.2) is 37.9 Å². The smallest absolute Gasteiger partial charge is 0.497 e. The molecule has 0 atom stereocenters. The van der Waals surface area contributed by atoms with E-state index in [0.717, 1.165) is 10.2 Å². The van der Waals surface area contributed by atoms with Crippen molar-refractivity contribution in [1.29, 1.82) is 0 Å². The summed E-state index contributed by atoms with van der Waals surface area (Å²) in [6.07, 6.45) is -4.13. The third-order valence-electron chi connectivity index (χ3n) is 3.76. The maximum atomic E-state index is 13.9. The normalized spacial score (nSPS) is 11.3. The molecule has 0 aliphatic heterocycles. The number of carbonyl (C=O) groups is 1. The number of aromatic nitrogens is 1. The summed E-state index contributed by atoms with van der Waals surface area (Å²) in [5.74, 6) is -1.29. The Kier molecular flexibility index (Phi) is 5.64. The summed E-state index contributed by atoms with van der Waals surface area (Å²) in [7, 11) is 2.90. The average molecular weight is 409 g/mol. The number of alkyl halides is 2. The van der Waals surface area contributed by atoms with Crippen LogP contribution in [-0.2, 0) is 9.53 Å². The van der Waals surface area contributed by atoms with E-state index < -0.39 is 12.1 Å². The molecule has 1 heterocycles. The molecular weight excluding hydrogens is 392 g/mol. The number of rotatable bonds is 7. The molecule has 0 radical (unpaired) electrons. The highest BCUT2D eigenvalue weighted by molar-refractivity contribution is 7.21. The lowest BCUT2D eigenvalue weighted by Gasteiger charge is -2.18. The Balaban J connectivity index is 1.92. The van der Waals surface area contributed by atoms with E-state index in [-0.39, 0.29) is 18.1 Å². The first-order valence-electron chi connectivity index (χ1n) is 8.25. The quantitative estimate of drug-likeness (QED) is 0.535. The summed E-state index contributed by atoms with van der Waals surface area (Å²) < 4.78 is 47.9. The van der Waals surface area contributed by atoms with Gasteiger partial charge in [-0.05, 0) is 43.3 Å². The van der Waals surface area contributed by atoms with E-state index in [1.807, 2.05) is 12.1 Å². The number of hydrogen-bond donors (Lipinski definition) is 0. The van der Waals surface area contributed by atoms with Crippen molar-refractivity contribution in [3.63, 3.8) is 0 Å². The van der Waals surface area contributed by atoms with Gasteiger partial charge in [-0.3, -0.25) is 0 Å². The van der Waals surface area contributed by atoms with Gasteiger partial charge in [0.2, 0.25) is 0 Å². The number of thiazole rings is 1. The molecule has 0 aliphatic carbocycles. The fraction of sp³-hybridized carbons (Fsp3) is 0.263. The fourth-order valence-electron chi connectivity index (χ4n) is 2.44. The molecular formula is C19H17F2NO5S. The van der Waals surface area contributed by atoms with Crippen LogP contribution in [0, 0.1) is 0 Å². The van der Waals surface area contributed by atoms with Gasteiger partial charge in [0.05, 0.1) is 31.0 Å². The summed E-state index contributed by atoms with van der Waals surface area (Å²) in [5, 5.41) is 0.672. The molecule has 0 amide bonds. The minimum atomic E-state index is -4.13. The maximum Gasteiger partial charge on any atom is 0.502 e. The summed E-state index contributed by atoms with van der Waals surface area (Å²) in [6.45, 7) is 1.24. The maximum absolute atomic E-state index is 13.9. The van der Waals surface area contributed by atoms with E-state index in [4.69, 9.17) is 9.47 Å². The van der Waals surface area contributed by atoms with Gasteiger partial charge in [-0.25, -0.2) is 9.78 Å². The van der Waals surface area contributed by atoms with Crippen LogP contribution in [0.25, 0.3) is 20.8 Å². The van der Waals surface area contributed by atoms with E-state index >= 15 is 0 Å². The predicted molar refractivity (Wildman–Crippen MR) is 100 cm³/mol. The highest BCUT2D eigenvalue weighted by Crippen LogP contribution is 2.38. The van der Waals surface area contributed by atoms with Crippen LogP contribution in [0.2, 0.25) is 0 Å². The molecule has 3 rings (SSSR count). The van der Waals surface area contributed by atoms with Gasteiger partial charge in [0.15, 0.2) is 11.5 Å². The predicted octanol–water partition coefficient (Wildman–Crippen LogP) is 4.52. The van der Waals surface area contributed by atoms with Crippen LogP contribution in [0.15, 0.2) is 36.4 Å². The van der Waals surface area contributed by atoms with Crippen LogP contribution in [0.3, 0.4) is 0 Å². The van der Waals surface area contributed by atoms with E-state index in [1.165, 1.54) is 37.5 Å². The largest absolute Gasteiger partial charge is 0.502 e. The number of methoxy groups -OCH3 is 2. The zero-order valence-corrected chi connectivity index (χ0v) is 16.1. The van der Waals surface area contributed by atoms with Crippen molar-refractivity contribution in [3.8, 4) is 27.8 Å². The first kappa shape index (κ1) is 19.8. The lowest BCUT2D eigenvalue weighted by Crippen LogP contribution is -2.37. The van der Waals surface area contributed by atoms with E-state index in [9.17, 15) is 13.6 Å². The lowest BCUT2D eigenvalue weighted by atomic mass is 10.2. The van der Waals surface area contributed by atoms with Crippen LogP contribution >= 0.6 is 11.3 Å². The topological polar surface area (TPSA) is 66.9 Å². The molecule has 0 unspecified atom stereocenters. The van der Waals surface area contributed by atoms with Gasteiger partial charge >= 0.3 is 12.1 Å². The molecule has 0 N–H and O–H groups in total. The van der Waals surface area contributed by atoms with E-state index in [2.05, 4.69) is 14.5 Å². The molecule has 9 heteroatoms. The molecule has 1 aromatic heterocycles. The Hall–Kier alpha value is -2.94. The lowest BCUT2D eigenvalue weighted by molar-refractivity contribution is -0.216. The van der Waals surface area contributed by atoms with Crippen LogP contribution < -0.4 is 14.2 Å². The zero-order chi connectivity index (χ0) is 20.3. The Morgan fingerprint density at radius 1 is 1.11 bits per heavy atom. The van der Waals surface area contributed by atoms with Gasteiger partial charge in [-0.1, -0.05) is 0 Å². The number of benzene rings is 2. The summed E-state index contributed by atoms with van der Waals surface area (Å²) in [4.78, 5) is 15.9. The third kappa shape index (κ3) is 3.99. The fourth-order valence-corrected chi connectivity index (χ4v) is 3.43. The van der Waals surface area contributed by atoms with Crippen molar-refractivity contribution in [1.82, 2.24) is 4.98 Å². The number of fused-ring (bicyclic) bond motifs is 1. The molecule has 0 fully saturated rings. The van der Waals surface area contributed by atoms with E-state index in [0.29, 0.717) is 16.3 Å². The van der Waals surface area contributed by atoms with Crippen molar-refractivity contribution >= 4 is 27.5 Å². The van der Waals surface area contributed by atoms with Gasteiger partial charge in [0.1, 0.15) is 10.8 Å². The number of esters is 1. The molecule has 2 aromatic carbocycles. The monoisotopic (exact) mass is 409 g/mol. The second-order valence-corrected chi connectivity index (χ2v) is 6.59. The Labute approximate surface area is 163 Å². The minimum absolute atomic E-state index is 0.0401. The zero-order valence-electron chi connectivity index (χ0n) is 15.3. The molecule has 0 aliphatic rings. The second kappa shape index (κ2) is 7.97. The molecule has 0 spiro atoms. The molecule has 6 nitrogen and oxygen atoms in total. The van der Waals surface area contributed by atoms with Gasteiger partial charge < -0.3 is 18.9 Å². The number of nitrogens with zero attached hydrogens (tertiary/aromatic N) is 1. The molecule has 0 saturated heterocycles. The molecule has 3 aromatic rings. The van der Waals surface area contributed by atoms with Crippen molar-refractivity contribution in [2.24, 2.45) is 0 Å². The van der Waals surface area contributed by atoms with Gasteiger partial charge in [0.25, 0.3) is 0 Å². The minimum Gasteiger partial charge on any atom is -0.497 e. The van der Waals surface area contributed by atoms with Crippen molar-refractivity contribution < 1.29 is 32.5 Å². The highest BCUT2D eigenvalue weighted by Gasteiger charge is 2.44. The van der Waals surface area contributed by atoms with Crippen molar-refractivity contribution in [2.45, 2.75) is 13.0 Å². The number of hydrogen-bond acceptors (Lipinski definition) is 7. The second-order valence-electron chi connectivity index (χ2n) is 5.56. The van der Waals surface area contributed by atoms with Crippen LogP contribution in [0.1, 0.15) is 6.92 Å². The molecule has 0 bridgehead atoms. The Morgan fingerprint density at radius 2 is 1.89 bits per heavy atom. The Bertz CT molecular complexity index is 1010. The Morgan fingerprint density at radius 3 is 2.57 bits per heavy atom.